The van der Waals surface area contributed by atoms with E-state index in [1.165, 1.54) is 16.9 Å². The molecule has 10 heteroatoms. The number of hydrogen-bond donors (Lipinski definition) is 0. The zero-order chi connectivity index (χ0) is 20.6. The molecule has 0 spiro atoms. The molecular formula is C19H15F3N6O. The largest absolute Gasteiger partial charge is 0.573 e. The minimum absolute atomic E-state index is 0.265. The van der Waals surface area contributed by atoms with Crippen LogP contribution in [-0.4, -0.2) is 36.4 Å². The maximum atomic E-state index is 12.7. The van der Waals surface area contributed by atoms with Gasteiger partial charge in [0.05, 0.1) is 12.7 Å². The number of para-hydroxylation sites is 1. The van der Waals surface area contributed by atoms with Crippen molar-refractivity contribution in [2.24, 2.45) is 7.05 Å². The monoisotopic (exact) mass is 400 g/mol. The summed E-state index contributed by atoms with van der Waals surface area (Å²) in [7, 11) is 1.66. The lowest BCUT2D eigenvalue weighted by Crippen LogP contribution is -2.17. The van der Waals surface area contributed by atoms with Gasteiger partial charge in [0.25, 0.3) is 0 Å². The lowest BCUT2D eigenvalue weighted by molar-refractivity contribution is -0.274. The van der Waals surface area contributed by atoms with Gasteiger partial charge in [0.15, 0.2) is 0 Å². The molecule has 0 amide bonds. The van der Waals surface area contributed by atoms with E-state index in [-0.39, 0.29) is 5.75 Å². The highest BCUT2D eigenvalue weighted by Crippen LogP contribution is 2.34. The fourth-order valence-corrected chi connectivity index (χ4v) is 2.96. The number of nitrogens with zero attached hydrogens (tertiary/aromatic N) is 6. The highest BCUT2D eigenvalue weighted by molar-refractivity contribution is 5.72. The quantitative estimate of drug-likeness (QED) is 0.519. The molecule has 0 unspecified atom stereocenters. The molecule has 7 nitrogen and oxygen atoms in total. The zero-order valence-electron chi connectivity index (χ0n) is 15.4. The molecule has 0 aliphatic carbocycles. The molecule has 0 radical (unpaired) electrons. The topological polar surface area (TPSA) is 70.7 Å². The Morgan fingerprint density at radius 2 is 1.76 bits per heavy atom. The number of tetrazole rings is 1. The van der Waals surface area contributed by atoms with E-state index in [2.05, 4.69) is 25.2 Å². The number of benzene rings is 2. The summed E-state index contributed by atoms with van der Waals surface area (Å²) < 4.78 is 44.1. The Morgan fingerprint density at radius 3 is 2.48 bits per heavy atom. The number of hydrogen-bond acceptors (Lipinski definition) is 5. The van der Waals surface area contributed by atoms with E-state index in [0.717, 1.165) is 5.69 Å². The Labute approximate surface area is 163 Å². The van der Waals surface area contributed by atoms with Crippen molar-refractivity contribution < 1.29 is 17.9 Å². The van der Waals surface area contributed by atoms with Gasteiger partial charge in [0.1, 0.15) is 11.4 Å². The van der Waals surface area contributed by atoms with Crippen LogP contribution in [0.4, 0.5) is 13.2 Å². The molecule has 0 aliphatic heterocycles. The van der Waals surface area contributed by atoms with Gasteiger partial charge >= 0.3 is 6.36 Å². The predicted octanol–water partition coefficient (Wildman–Crippen LogP) is 3.94. The molecule has 29 heavy (non-hydrogen) atoms. The van der Waals surface area contributed by atoms with E-state index in [0.29, 0.717) is 28.3 Å². The Balaban J connectivity index is 1.74. The molecule has 4 aromatic rings. The van der Waals surface area contributed by atoms with Crippen molar-refractivity contribution in [3.63, 3.8) is 0 Å². The molecule has 0 saturated carbocycles. The summed E-state index contributed by atoms with van der Waals surface area (Å²) in [6.45, 7) is 1.86. The predicted molar refractivity (Wildman–Crippen MR) is 98.2 cm³/mol. The van der Waals surface area contributed by atoms with Crippen molar-refractivity contribution in [2.45, 2.75) is 13.3 Å². The standard InChI is InChI=1S/C19H15F3N6O/c1-12-10-16(18-23-26-27(2)25-18)24-28(12)14-7-5-6-13(11-14)15-8-3-4-9-17(15)29-19(20,21)22/h3-11H,1-2H3. The molecule has 0 bridgehead atoms. The van der Waals surface area contributed by atoms with Gasteiger partial charge in [0, 0.05) is 11.3 Å². The maximum absolute atomic E-state index is 12.7. The molecule has 2 aromatic heterocycles. The van der Waals surface area contributed by atoms with Crippen molar-refractivity contribution in [3.05, 3.63) is 60.3 Å². The third-order valence-electron chi connectivity index (χ3n) is 4.14. The van der Waals surface area contributed by atoms with Crippen molar-refractivity contribution in [1.29, 1.82) is 0 Å². The Kier molecular flexibility index (Phi) is 4.53. The van der Waals surface area contributed by atoms with Crippen LogP contribution in [0.15, 0.2) is 54.6 Å². The van der Waals surface area contributed by atoms with E-state index in [4.69, 9.17) is 0 Å². The Bertz CT molecular complexity index is 1160. The maximum Gasteiger partial charge on any atom is 0.573 e. The molecule has 0 atom stereocenters. The SMILES string of the molecule is Cc1cc(-c2nnn(C)n2)nn1-c1cccc(-c2ccccc2OC(F)(F)F)c1. The fourth-order valence-electron chi connectivity index (χ4n) is 2.96. The second-order valence-electron chi connectivity index (χ2n) is 6.28. The summed E-state index contributed by atoms with van der Waals surface area (Å²) in [6, 6.07) is 14.8. The molecule has 0 aliphatic rings. The second kappa shape index (κ2) is 7.04. The zero-order valence-corrected chi connectivity index (χ0v) is 15.4. The van der Waals surface area contributed by atoms with E-state index < -0.39 is 6.36 Å². The van der Waals surface area contributed by atoms with Crippen LogP contribution < -0.4 is 4.74 Å². The van der Waals surface area contributed by atoms with Gasteiger partial charge in [-0.1, -0.05) is 30.3 Å². The summed E-state index contributed by atoms with van der Waals surface area (Å²) >= 11 is 0. The number of alkyl halides is 3. The van der Waals surface area contributed by atoms with Crippen LogP contribution in [0.2, 0.25) is 0 Å². The minimum atomic E-state index is -4.77. The lowest BCUT2D eigenvalue weighted by Gasteiger charge is -2.14. The van der Waals surface area contributed by atoms with Crippen LogP contribution >= 0.6 is 0 Å². The first-order valence-electron chi connectivity index (χ1n) is 8.57. The normalized spacial score (nSPS) is 11.6. The molecular weight excluding hydrogens is 385 g/mol. The third kappa shape index (κ3) is 3.96. The van der Waals surface area contributed by atoms with Gasteiger partial charge in [0.2, 0.25) is 5.82 Å². The first-order valence-corrected chi connectivity index (χ1v) is 8.57. The van der Waals surface area contributed by atoms with Crippen LogP contribution in [0.1, 0.15) is 5.69 Å². The van der Waals surface area contributed by atoms with Gasteiger partial charge in [-0.3, -0.25) is 0 Å². The van der Waals surface area contributed by atoms with Crippen molar-refractivity contribution in [2.75, 3.05) is 0 Å². The molecule has 0 fully saturated rings. The molecule has 148 valence electrons. The summed E-state index contributed by atoms with van der Waals surface area (Å²) in [4.78, 5) is 1.34. The summed E-state index contributed by atoms with van der Waals surface area (Å²) in [5.74, 6) is 0.119. The van der Waals surface area contributed by atoms with E-state index in [1.807, 2.05) is 19.1 Å². The van der Waals surface area contributed by atoms with Crippen LogP contribution in [0, 0.1) is 6.92 Å². The summed E-state index contributed by atoms with van der Waals surface area (Å²) in [5.41, 5.74) is 2.92. The Hall–Kier alpha value is -3.69. The van der Waals surface area contributed by atoms with Gasteiger partial charge in [-0.25, -0.2) is 4.68 Å². The first kappa shape index (κ1) is 18.7. The highest BCUT2D eigenvalue weighted by Gasteiger charge is 2.32. The second-order valence-corrected chi connectivity index (χ2v) is 6.28. The summed E-state index contributed by atoms with van der Waals surface area (Å²) in [6.07, 6.45) is -4.77. The van der Waals surface area contributed by atoms with Crippen molar-refractivity contribution >= 4 is 0 Å². The van der Waals surface area contributed by atoms with E-state index >= 15 is 0 Å². The average Bonchev–Trinajstić information content (AvgIpc) is 3.27. The number of ether oxygens (including phenoxy) is 1. The molecule has 2 aromatic carbocycles. The smallest absolute Gasteiger partial charge is 0.405 e. The highest BCUT2D eigenvalue weighted by atomic mass is 19.4. The molecule has 0 saturated heterocycles. The van der Waals surface area contributed by atoms with Crippen LogP contribution in [0.3, 0.4) is 0 Å². The van der Waals surface area contributed by atoms with Crippen LogP contribution in [-0.2, 0) is 7.05 Å². The van der Waals surface area contributed by atoms with Gasteiger partial charge in [-0.2, -0.15) is 9.90 Å². The number of aromatic nitrogens is 6. The van der Waals surface area contributed by atoms with Crippen molar-refractivity contribution in [1.82, 2.24) is 30.0 Å². The van der Waals surface area contributed by atoms with Gasteiger partial charge in [-0.05, 0) is 42.0 Å². The number of rotatable bonds is 4. The molecule has 4 rings (SSSR count). The van der Waals surface area contributed by atoms with E-state index in [9.17, 15) is 13.2 Å². The first-order chi connectivity index (χ1) is 13.8. The lowest BCUT2D eigenvalue weighted by atomic mass is 10.0. The van der Waals surface area contributed by atoms with Crippen LogP contribution in [0.25, 0.3) is 28.3 Å². The third-order valence-corrected chi connectivity index (χ3v) is 4.14. The van der Waals surface area contributed by atoms with Crippen molar-refractivity contribution in [3.8, 4) is 34.1 Å². The Morgan fingerprint density at radius 1 is 0.966 bits per heavy atom. The molecule has 2 heterocycles. The number of halogens is 3. The van der Waals surface area contributed by atoms with Gasteiger partial charge < -0.3 is 4.74 Å². The van der Waals surface area contributed by atoms with Gasteiger partial charge in [-0.15, -0.1) is 23.4 Å². The summed E-state index contributed by atoms with van der Waals surface area (Å²) in [5, 5.41) is 16.4. The average molecular weight is 400 g/mol. The number of aryl methyl sites for hydroxylation is 2. The molecule has 0 N–H and O–H groups in total. The van der Waals surface area contributed by atoms with Crippen LogP contribution in [0.5, 0.6) is 5.75 Å². The fraction of sp³-hybridized carbons (Fsp3) is 0.158. The van der Waals surface area contributed by atoms with E-state index in [1.54, 1.807) is 42.1 Å². The minimum Gasteiger partial charge on any atom is -0.405 e.